The maximum atomic E-state index is 12.9. The highest BCUT2D eigenvalue weighted by atomic mass is 32.1. The van der Waals surface area contributed by atoms with Crippen molar-refractivity contribution in [1.82, 2.24) is 9.88 Å². The number of nitrogens with two attached hydrogens (primary N) is 1. The second-order valence-corrected chi connectivity index (χ2v) is 7.40. The van der Waals surface area contributed by atoms with Crippen LogP contribution in [0.25, 0.3) is 10.6 Å². The number of hydrogen-bond acceptors (Lipinski definition) is 4. The fourth-order valence-corrected chi connectivity index (χ4v) is 4.03. The van der Waals surface area contributed by atoms with Crippen molar-refractivity contribution in [2.24, 2.45) is 5.73 Å². The predicted octanol–water partition coefficient (Wildman–Crippen LogP) is 4.17. The van der Waals surface area contributed by atoms with Crippen molar-refractivity contribution in [1.29, 1.82) is 0 Å². The number of halogens is 3. The quantitative estimate of drug-likeness (QED) is 0.865. The maximum absolute atomic E-state index is 12.9. The summed E-state index contributed by atoms with van der Waals surface area (Å²) in [5, 5.41) is 2.00. The summed E-state index contributed by atoms with van der Waals surface area (Å²) in [5.41, 5.74) is 5.89. The van der Waals surface area contributed by atoms with E-state index in [1.807, 2.05) is 6.92 Å². The van der Waals surface area contributed by atoms with E-state index in [1.165, 1.54) is 17.4 Å². The molecule has 1 fully saturated rings. The Bertz CT molecular complexity index is 788. The minimum absolute atomic E-state index is 0.0324. The Morgan fingerprint density at radius 2 is 2.15 bits per heavy atom. The predicted molar refractivity (Wildman–Crippen MR) is 94.9 cm³/mol. The fraction of sp³-hybridized carbons (Fsp3) is 0.444. The van der Waals surface area contributed by atoms with Gasteiger partial charge in [-0.25, -0.2) is 4.98 Å². The van der Waals surface area contributed by atoms with E-state index in [-0.39, 0.29) is 23.7 Å². The zero-order chi connectivity index (χ0) is 18.9. The summed E-state index contributed by atoms with van der Waals surface area (Å²) >= 11 is 1.17. The molecule has 0 spiro atoms. The maximum Gasteiger partial charge on any atom is 0.416 e. The van der Waals surface area contributed by atoms with Gasteiger partial charge in [0.25, 0.3) is 5.91 Å². The second kappa shape index (κ2) is 7.36. The van der Waals surface area contributed by atoms with Crippen LogP contribution in [0.5, 0.6) is 0 Å². The van der Waals surface area contributed by atoms with E-state index in [0.717, 1.165) is 31.4 Å². The Kier molecular flexibility index (Phi) is 5.34. The average molecular weight is 383 g/mol. The highest BCUT2D eigenvalue weighted by molar-refractivity contribution is 7.13. The van der Waals surface area contributed by atoms with Gasteiger partial charge in [-0.05, 0) is 38.3 Å². The molecule has 0 radical (unpaired) electrons. The summed E-state index contributed by atoms with van der Waals surface area (Å²) in [4.78, 5) is 18.9. The lowest BCUT2D eigenvalue weighted by Gasteiger charge is -2.37. The van der Waals surface area contributed by atoms with Crippen LogP contribution in [-0.4, -0.2) is 34.4 Å². The summed E-state index contributed by atoms with van der Waals surface area (Å²) in [6.07, 6.45) is -1.61. The van der Waals surface area contributed by atoms with Crippen LogP contribution in [0.2, 0.25) is 0 Å². The van der Waals surface area contributed by atoms with Gasteiger partial charge < -0.3 is 10.6 Å². The standard InChI is InChI=1S/C18H20F3N3OS/c1-11(22)15-7-2-3-8-24(15)17(25)14-10-26-16(23-14)12-5-4-6-13(9-12)18(19,20)21/h4-6,9-11,15H,2-3,7-8,22H2,1H3. The van der Waals surface area contributed by atoms with Gasteiger partial charge in [0.05, 0.1) is 5.56 Å². The van der Waals surface area contributed by atoms with Gasteiger partial charge in [-0.15, -0.1) is 11.3 Å². The Balaban J connectivity index is 1.85. The molecule has 1 aliphatic heterocycles. The number of piperidine rings is 1. The first kappa shape index (κ1) is 18.8. The van der Waals surface area contributed by atoms with Crippen molar-refractivity contribution in [3.63, 3.8) is 0 Å². The van der Waals surface area contributed by atoms with E-state index in [0.29, 0.717) is 17.1 Å². The highest BCUT2D eigenvalue weighted by Crippen LogP contribution is 2.33. The number of rotatable bonds is 3. The molecule has 1 aromatic carbocycles. The molecule has 1 aliphatic rings. The monoisotopic (exact) mass is 383 g/mol. The Morgan fingerprint density at radius 1 is 1.38 bits per heavy atom. The summed E-state index contributed by atoms with van der Waals surface area (Å²) in [6.45, 7) is 2.51. The lowest BCUT2D eigenvalue weighted by molar-refractivity contribution is -0.137. The van der Waals surface area contributed by atoms with Gasteiger partial charge in [-0.3, -0.25) is 4.79 Å². The lowest BCUT2D eigenvalue weighted by Crippen LogP contribution is -2.51. The third-order valence-electron chi connectivity index (χ3n) is 4.58. The van der Waals surface area contributed by atoms with E-state index in [9.17, 15) is 18.0 Å². The molecular formula is C18H20F3N3OS. The molecule has 2 atom stereocenters. The van der Waals surface area contributed by atoms with Crippen molar-refractivity contribution in [2.45, 2.75) is 44.4 Å². The molecule has 4 nitrogen and oxygen atoms in total. The number of amides is 1. The molecule has 1 saturated heterocycles. The van der Waals surface area contributed by atoms with E-state index in [2.05, 4.69) is 4.98 Å². The smallest absolute Gasteiger partial charge is 0.333 e. The van der Waals surface area contributed by atoms with Crippen molar-refractivity contribution in [2.75, 3.05) is 6.54 Å². The van der Waals surface area contributed by atoms with E-state index in [4.69, 9.17) is 5.73 Å². The first-order chi connectivity index (χ1) is 12.3. The number of nitrogens with zero attached hydrogens (tertiary/aromatic N) is 2. The third-order valence-corrected chi connectivity index (χ3v) is 5.47. The molecule has 3 rings (SSSR count). The number of carbonyl (C=O) groups excluding carboxylic acids is 1. The zero-order valence-corrected chi connectivity index (χ0v) is 15.1. The Hall–Kier alpha value is -1.93. The van der Waals surface area contributed by atoms with Gasteiger partial charge >= 0.3 is 6.18 Å². The number of hydrogen-bond donors (Lipinski definition) is 1. The molecule has 0 bridgehead atoms. The normalized spacial score (nSPS) is 19.4. The molecule has 2 unspecified atom stereocenters. The van der Waals surface area contributed by atoms with Gasteiger partial charge in [0.15, 0.2) is 0 Å². The average Bonchev–Trinajstić information content (AvgIpc) is 3.10. The SMILES string of the molecule is CC(N)C1CCCCN1C(=O)c1csc(-c2cccc(C(F)(F)F)c2)n1. The molecule has 140 valence electrons. The molecule has 8 heteroatoms. The molecule has 2 heterocycles. The molecule has 2 N–H and O–H groups in total. The number of benzene rings is 1. The molecule has 2 aromatic rings. The van der Waals surface area contributed by atoms with Crippen LogP contribution in [0.4, 0.5) is 13.2 Å². The van der Waals surface area contributed by atoms with Gasteiger partial charge in [0.2, 0.25) is 0 Å². The Labute approximate surface area is 153 Å². The number of carbonyl (C=O) groups is 1. The zero-order valence-electron chi connectivity index (χ0n) is 14.3. The van der Waals surface area contributed by atoms with E-state index < -0.39 is 11.7 Å². The fourth-order valence-electron chi connectivity index (χ4n) is 3.24. The molecular weight excluding hydrogens is 363 g/mol. The number of likely N-dealkylation sites (tertiary alicyclic amines) is 1. The highest BCUT2D eigenvalue weighted by Gasteiger charge is 2.32. The molecule has 26 heavy (non-hydrogen) atoms. The summed E-state index contributed by atoms with van der Waals surface area (Å²) in [7, 11) is 0. The first-order valence-electron chi connectivity index (χ1n) is 8.47. The van der Waals surface area contributed by atoms with Crippen LogP contribution >= 0.6 is 11.3 Å². The topological polar surface area (TPSA) is 59.2 Å². The lowest BCUT2D eigenvalue weighted by atomic mass is 9.96. The van der Waals surface area contributed by atoms with Crippen molar-refractivity contribution < 1.29 is 18.0 Å². The van der Waals surface area contributed by atoms with Crippen molar-refractivity contribution in [3.8, 4) is 10.6 Å². The van der Waals surface area contributed by atoms with Crippen LogP contribution in [-0.2, 0) is 6.18 Å². The molecule has 1 aromatic heterocycles. The minimum Gasteiger partial charge on any atom is -0.333 e. The third kappa shape index (κ3) is 3.91. The minimum atomic E-state index is -4.41. The van der Waals surface area contributed by atoms with Crippen molar-refractivity contribution >= 4 is 17.2 Å². The van der Waals surface area contributed by atoms with E-state index >= 15 is 0 Å². The molecule has 0 aliphatic carbocycles. The van der Waals surface area contributed by atoms with Crippen LogP contribution in [0.15, 0.2) is 29.6 Å². The van der Waals surface area contributed by atoms with Crippen LogP contribution in [0.3, 0.4) is 0 Å². The number of thiazole rings is 1. The first-order valence-corrected chi connectivity index (χ1v) is 9.35. The van der Waals surface area contributed by atoms with Gasteiger partial charge in [0, 0.05) is 29.6 Å². The summed E-state index contributed by atoms with van der Waals surface area (Å²) in [5.74, 6) is -0.207. The second-order valence-electron chi connectivity index (χ2n) is 6.54. The van der Waals surface area contributed by atoms with Crippen LogP contribution in [0, 0.1) is 0 Å². The van der Waals surface area contributed by atoms with Crippen LogP contribution < -0.4 is 5.73 Å². The van der Waals surface area contributed by atoms with Gasteiger partial charge in [-0.1, -0.05) is 12.1 Å². The number of alkyl halides is 3. The van der Waals surface area contributed by atoms with Gasteiger partial charge in [0.1, 0.15) is 10.7 Å². The van der Waals surface area contributed by atoms with Crippen LogP contribution in [0.1, 0.15) is 42.2 Å². The van der Waals surface area contributed by atoms with Crippen molar-refractivity contribution in [3.05, 3.63) is 40.9 Å². The summed E-state index contributed by atoms with van der Waals surface area (Å²) in [6, 6.07) is 4.81. The number of aromatic nitrogens is 1. The largest absolute Gasteiger partial charge is 0.416 e. The Morgan fingerprint density at radius 3 is 2.85 bits per heavy atom. The van der Waals surface area contributed by atoms with E-state index in [1.54, 1.807) is 16.3 Å². The summed E-state index contributed by atoms with van der Waals surface area (Å²) < 4.78 is 38.7. The molecule has 0 saturated carbocycles. The molecule has 1 amide bonds. The van der Waals surface area contributed by atoms with Gasteiger partial charge in [-0.2, -0.15) is 13.2 Å².